The number of H-pyrrole nitrogens is 1. The summed E-state index contributed by atoms with van der Waals surface area (Å²) in [6.07, 6.45) is 2.58. The number of nitrogens with one attached hydrogen (secondary N) is 3. The highest BCUT2D eigenvalue weighted by Gasteiger charge is 2.48. The van der Waals surface area contributed by atoms with Crippen molar-refractivity contribution < 1.29 is 27.5 Å². The van der Waals surface area contributed by atoms with Gasteiger partial charge in [0.05, 0.1) is 31.2 Å². The molecule has 2 unspecified atom stereocenters. The van der Waals surface area contributed by atoms with Crippen LogP contribution in [0.1, 0.15) is 43.5 Å². The van der Waals surface area contributed by atoms with E-state index in [1.54, 1.807) is 18.7 Å². The largest absolute Gasteiger partial charge is 0.374 e. The number of nitrogens with zero attached hydrogens (tertiary/aromatic N) is 2. The predicted molar refractivity (Wildman–Crippen MR) is 196 cm³/mol. The molecular formula is C38H46N6O6S. The van der Waals surface area contributed by atoms with Crippen LogP contribution in [0, 0.1) is 0 Å². The molecule has 2 aliphatic heterocycles. The second-order valence-electron chi connectivity index (χ2n) is 14.2. The Labute approximate surface area is 298 Å². The molecule has 2 aliphatic rings. The second-order valence-corrected chi connectivity index (χ2v) is 16.1. The minimum Gasteiger partial charge on any atom is -0.374 e. The molecule has 3 heterocycles. The Morgan fingerprint density at radius 3 is 2.35 bits per heavy atom. The summed E-state index contributed by atoms with van der Waals surface area (Å²) in [4.78, 5) is 46.0. The van der Waals surface area contributed by atoms with Gasteiger partial charge in [-0.3, -0.25) is 18.7 Å². The van der Waals surface area contributed by atoms with Gasteiger partial charge in [-0.2, -0.15) is 0 Å². The number of rotatable bonds is 12. The van der Waals surface area contributed by atoms with E-state index in [1.165, 1.54) is 10.6 Å². The van der Waals surface area contributed by atoms with Crippen LogP contribution in [0.3, 0.4) is 0 Å². The first-order valence-electron chi connectivity index (χ1n) is 17.2. The molecule has 0 aliphatic carbocycles. The van der Waals surface area contributed by atoms with E-state index in [0.29, 0.717) is 38.2 Å². The Kier molecular flexibility index (Phi) is 10.3. The van der Waals surface area contributed by atoms with Gasteiger partial charge in [0.25, 0.3) is 0 Å². The number of aromatic nitrogens is 1. The highest BCUT2D eigenvalue weighted by Crippen LogP contribution is 2.47. The molecule has 1 spiro atoms. The average Bonchev–Trinajstić information content (AvgIpc) is 3.67. The number of nitrogens with two attached hydrogens (primary N) is 1. The summed E-state index contributed by atoms with van der Waals surface area (Å²) in [6.45, 7) is 4.36. The number of piperidine rings is 1. The van der Waals surface area contributed by atoms with Crippen molar-refractivity contribution in [1.29, 1.82) is 0 Å². The lowest BCUT2D eigenvalue weighted by Crippen LogP contribution is -2.62. The quantitative estimate of drug-likeness (QED) is 0.175. The number of benzene rings is 3. The Morgan fingerprint density at radius 1 is 0.980 bits per heavy atom. The molecule has 3 aromatic carbocycles. The molecule has 1 saturated heterocycles. The molecule has 5 N–H and O–H groups in total. The highest BCUT2D eigenvalue weighted by atomic mass is 32.2. The van der Waals surface area contributed by atoms with Crippen molar-refractivity contribution in [3.8, 4) is 0 Å². The first-order valence-corrected chi connectivity index (χ1v) is 19.0. The molecule has 13 heteroatoms. The fourth-order valence-corrected chi connectivity index (χ4v) is 8.09. The maximum Gasteiger partial charge on any atom is 0.247 e. The van der Waals surface area contributed by atoms with Gasteiger partial charge in [-0.25, -0.2) is 8.42 Å². The predicted octanol–water partition coefficient (Wildman–Crippen LogP) is 2.97. The minimum absolute atomic E-state index is 0.0876. The van der Waals surface area contributed by atoms with Crippen LogP contribution >= 0.6 is 0 Å². The van der Waals surface area contributed by atoms with Gasteiger partial charge in [0.1, 0.15) is 11.6 Å². The molecule has 270 valence electrons. The van der Waals surface area contributed by atoms with Crippen LogP contribution in [0.4, 0.5) is 5.69 Å². The molecule has 4 aromatic rings. The zero-order valence-electron chi connectivity index (χ0n) is 29.2. The number of likely N-dealkylation sites (tertiary alicyclic amines) is 1. The molecule has 12 nitrogen and oxygen atoms in total. The van der Waals surface area contributed by atoms with Gasteiger partial charge in [0.15, 0.2) is 0 Å². The summed E-state index contributed by atoms with van der Waals surface area (Å²) in [6, 6.07) is 24.8. The maximum absolute atomic E-state index is 14.1. The molecule has 1 fully saturated rings. The summed E-state index contributed by atoms with van der Waals surface area (Å²) >= 11 is 0. The molecular weight excluding hydrogens is 669 g/mol. The number of sulfonamides is 1. The van der Waals surface area contributed by atoms with Crippen LogP contribution in [0.2, 0.25) is 0 Å². The van der Waals surface area contributed by atoms with Crippen LogP contribution in [0.15, 0.2) is 84.9 Å². The minimum atomic E-state index is -3.48. The number of ether oxygens (including phenoxy) is 1. The van der Waals surface area contributed by atoms with Gasteiger partial charge in [-0.1, -0.05) is 66.7 Å². The maximum atomic E-state index is 14.1. The van der Waals surface area contributed by atoms with E-state index in [4.69, 9.17) is 10.5 Å². The summed E-state index contributed by atoms with van der Waals surface area (Å²) in [5.41, 5.74) is 8.77. The third-order valence-corrected chi connectivity index (χ3v) is 11.1. The number of hydrogen-bond donors (Lipinski definition) is 4. The van der Waals surface area contributed by atoms with Crippen LogP contribution in [-0.2, 0) is 47.6 Å². The van der Waals surface area contributed by atoms with Crippen molar-refractivity contribution in [2.45, 2.75) is 62.8 Å². The number of aromatic amines is 1. The lowest BCUT2D eigenvalue weighted by Gasteiger charge is -2.41. The van der Waals surface area contributed by atoms with Gasteiger partial charge in [-0.15, -0.1) is 0 Å². The standard InChI is InChI=1S/C38H46N6O6S/c1-37(2,42-34(45)30(39)22-28-21-27-13-7-9-15-31(27)40-28)36(47)41-32(24-50-23-26-11-5-4-6-12-26)35(46)43-19-17-38(18-20-43)25-44(51(3,48)49)33-16-10-8-14-29(33)38/h4-16,21,30,32,40H,17-20,22-25,39H2,1-3H3,(H,41,47)(H,42,45). The number of para-hydroxylation sites is 2. The highest BCUT2D eigenvalue weighted by molar-refractivity contribution is 7.92. The lowest BCUT2D eigenvalue weighted by atomic mass is 9.74. The second kappa shape index (κ2) is 14.5. The molecule has 1 aromatic heterocycles. The third kappa shape index (κ3) is 7.95. The van der Waals surface area contributed by atoms with E-state index < -0.39 is 44.9 Å². The Morgan fingerprint density at radius 2 is 1.65 bits per heavy atom. The molecule has 51 heavy (non-hydrogen) atoms. The summed E-state index contributed by atoms with van der Waals surface area (Å²) in [5.74, 6) is -1.37. The number of carbonyl (C=O) groups is 3. The van der Waals surface area contributed by atoms with Crippen LogP contribution in [-0.4, -0.2) is 86.1 Å². The van der Waals surface area contributed by atoms with E-state index in [9.17, 15) is 22.8 Å². The Hall–Kier alpha value is -4.72. The molecule has 0 bridgehead atoms. The van der Waals surface area contributed by atoms with Gasteiger partial charge >= 0.3 is 0 Å². The van der Waals surface area contributed by atoms with Gasteiger partial charge < -0.3 is 31.0 Å². The summed E-state index contributed by atoms with van der Waals surface area (Å²) in [5, 5.41) is 6.63. The number of fused-ring (bicyclic) bond motifs is 3. The smallest absolute Gasteiger partial charge is 0.247 e. The normalized spacial score (nSPS) is 16.9. The van der Waals surface area contributed by atoms with Gasteiger partial charge in [-0.05, 0) is 61.4 Å². The fourth-order valence-electron chi connectivity index (χ4n) is 7.10. The van der Waals surface area contributed by atoms with Crippen molar-refractivity contribution in [3.63, 3.8) is 0 Å². The van der Waals surface area contributed by atoms with Crippen molar-refractivity contribution in [1.82, 2.24) is 20.5 Å². The Balaban J connectivity index is 1.12. The molecule has 6 rings (SSSR count). The van der Waals surface area contributed by atoms with E-state index >= 15 is 0 Å². The topological polar surface area (TPSA) is 167 Å². The van der Waals surface area contributed by atoms with Crippen molar-refractivity contribution in [3.05, 3.63) is 102 Å². The van der Waals surface area contributed by atoms with Crippen LogP contribution in [0.5, 0.6) is 0 Å². The first kappa shape index (κ1) is 36.1. The van der Waals surface area contributed by atoms with E-state index in [2.05, 4.69) is 15.6 Å². The van der Waals surface area contributed by atoms with Gasteiger partial charge in [0, 0.05) is 42.7 Å². The monoisotopic (exact) mass is 714 g/mol. The summed E-state index contributed by atoms with van der Waals surface area (Å²) in [7, 11) is -3.48. The van der Waals surface area contributed by atoms with Crippen molar-refractivity contribution >= 4 is 44.3 Å². The van der Waals surface area contributed by atoms with Gasteiger partial charge in [0.2, 0.25) is 27.7 Å². The Bertz CT molecular complexity index is 1970. The fraction of sp³-hybridized carbons (Fsp3) is 0.395. The third-order valence-electron chi connectivity index (χ3n) is 9.99. The zero-order valence-corrected chi connectivity index (χ0v) is 30.0. The average molecular weight is 715 g/mol. The van der Waals surface area contributed by atoms with Crippen LogP contribution in [0.25, 0.3) is 10.9 Å². The number of hydrogen-bond acceptors (Lipinski definition) is 7. The summed E-state index contributed by atoms with van der Waals surface area (Å²) < 4.78 is 32.8. The zero-order chi connectivity index (χ0) is 36.4. The SMILES string of the molecule is CC(C)(NC(=O)C(N)Cc1cc2ccccc2[nH]1)C(=O)NC(COCc1ccccc1)C(=O)N1CCC2(CC1)CN(S(C)(=O)=O)c1ccccc12. The first-order chi connectivity index (χ1) is 24.3. The molecule has 0 saturated carbocycles. The van der Waals surface area contributed by atoms with E-state index in [1.807, 2.05) is 84.9 Å². The number of amides is 3. The van der Waals surface area contributed by atoms with Crippen LogP contribution < -0.4 is 20.7 Å². The van der Waals surface area contributed by atoms with Crippen molar-refractivity contribution in [2.24, 2.45) is 5.73 Å². The number of anilines is 1. The van der Waals surface area contributed by atoms with E-state index in [-0.39, 0.29) is 25.5 Å². The van der Waals surface area contributed by atoms with E-state index in [0.717, 1.165) is 27.7 Å². The van der Waals surface area contributed by atoms with Crippen molar-refractivity contribution in [2.75, 3.05) is 36.8 Å². The molecule has 3 amide bonds. The molecule has 0 radical (unpaired) electrons. The lowest BCUT2D eigenvalue weighted by molar-refractivity contribution is -0.141. The molecule has 2 atom stereocenters. The number of carbonyl (C=O) groups excluding carboxylic acids is 3.